The van der Waals surface area contributed by atoms with Crippen LogP contribution in [0.2, 0.25) is 0 Å². The lowest BCUT2D eigenvalue weighted by molar-refractivity contribution is -0.149. The van der Waals surface area contributed by atoms with E-state index >= 15 is 0 Å². The van der Waals surface area contributed by atoms with Crippen molar-refractivity contribution >= 4 is 11.9 Å². The van der Waals surface area contributed by atoms with Gasteiger partial charge in [0, 0.05) is 12.8 Å². The second kappa shape index (κ2) is 26.5. The molecule has 0 fully saturated rings. The van der Waals surface area contributed by atoms with Crippen molar-refractivity contribution < 1.29 is 19.1 Å². The van der Waals surface area contributed by atoms with E-state index in [4.69, 9.17) is 9.47 Å². The molecule has 202 valence electrons. The van der Waals surface area contributed by atoms with Crippen molar-refractivity contribution in [3.05, 3.63) is 0 Å². The van der Waals surface area contributed by atoms with E-state index in [9.17, 15) is 9.59 Å². The lowest BCUT2D eigenvalue weighted by atomic mass is 10.1. The second-order valence-corrected chi connectivity index (χ2v) is 10.2. The van der Waals surface area contributed by atoms with Gasteiger partial charge in [0.2, 0.25) is 0 Å². The quantitative estimate of drug-likeness (QED) is 0.0909. The first kappa shape index (κ1) is 32.9. The van der Waals surface area contributed by atoms with Gasteiger partial charge in [-0.15, -0.1) is 0 Å². The molecule has 0 aromatic carbocycles. The predicted octanol–water partition coefficient (Wildman–Crippen LogP) is 9.47. The SMILES string of the molecule is CCCCCCCCCCCCCCOC(=O)CCCCC(=O)OC(C)CCCCCCCC. The Bertz CT molecular complexity index is 449. The van der Waals surface area contributed by atoms with Crippen molar-refractivity contribution in [3.8, 4) is 0 Å². The van der Waals surface area contributed by atoms with Crippen LogP contribution < -0.4 is 0 Å². The Morgan fingerprint density at radius 2 is 0.941 bits per heavy atom. The molecule has 0 radical (unpaired) electrons. The zero-order valence-electron chi connectivity index (χ0n) is 23.2. The average molecular weight is 483 g/mol. The van der Waals surface area contributed by atoms with E-state index in [0.717, 1.165) is 25.7 Å². The Labute approximate surface area is 212 Å². The van der Waals surface area contributed by atoms with Gasteiger partial charge in [0.05, 0.1) is 12.7 Å². The third kappa shape index (κ3) is 25.6. The largest absolute Gasteiger partial charge is 0.466 e. The molecule has 0 aromatic rings. The molecule has 1 atom stereocenters. The van der Waals surface area contributed by atoms with Crippen molar-refractivity contribution in [2.45, 2.75) is 175 Å². The van der Waals surface area contributed by atoms with Gasteiger partial charge in [0.1, 0.15) is 0 Å². The first-order valence-corrected chi connectivity index (χ1v) is 14.9. The highest BCUT2D eigenvalue weighted by Crippen LogP contribution is 2.13. The minimum absolute atomic E-state index is 0.000750. The minimum atomic E-state index is -0.136. The zero-order chi connectivity index (χ0) is 25.1. The smallest absolute Gasteiger partial charge is 0.306 e. The van der Waals surface area contributed by atoms with Crippen molar-refractivity contribution in [2.75, 3.05) is 6.61 Å². The number of unbranched alkanes of at least 4 members (excludes halogenated alkanes) is 17. The van der Waals surface area contributed by atoms with Gasteiger partial charge in [-0.2, -0.15) is 0 Å². The molecule has 1 unspecified atom stereocenters. The summed E-state index contributed by atoms with van der Waals surface area (Å²) in [6, 6.07) is 0. The molecule has 34 heavy (non-hydrogen) atoms. The number of carbonyl (C=O) groups is 2. The molecule has 0 N–H and O–H groups in total. The first-order chi connectivity index (χ1) is 16.6. The summed E-state index contributed by atoms with van der Waals surface area (Å²) in [6.45, 7) is 7.01. The maximum absolute atomic E-state index is 11.9. The van der Waals surface area contributed by atoms with Crippen molar-refractivity contribution in [1.82, 2.24) is 0 Å². The fourth-order valence-electron chi connectivity index (χ4n) is 4.29. The minimum Gasteiger partial charge on any atom is -0.466 e. The first-order valence-electron chi connectivity index (χ1n) is 14.9. The molecule has 0 aliphatic rings. The normalized spacial score (nSPS) is 12.0. The van der Waals surface area contributed by atoms with Gasteiger partial charge in [-0.3, -0.25) is 9.59 Å². The van der Waals surface area contributed by atoms with E-state index in [1.165, 1.54) is 96.3 Å². The van der Waals surface area contributed by atoms with E-state index < -0.39 is 0 Å². The topological polar surface area (TPSA) is 52.6 Å². The molecule has 0 bridgehead atoms. The van der Waals surface area contributed by atoms with Gasteiger partial charge in [-0.25, -0.2) is 0 Å². The molecule has 0 aromatic heterocycles. The summed E-state index contributed by atoms with van der Waals surface area (Å²) in [5.41, 5.74) is 0. The van der Waals surface area contributed by atoms with Gasteiger partial charge in [0.15, 0.2) is 0 Å². The van der Waals surface area contributed by atoms with Crippen LogP contribution in [0.4, 0.5) is 0 Å². The summed E-state index contributed by atoms with van der Waals surface area (Å²) in [5, 5.41) is 0. The summed E-state index contributed by atoms with van der Waals surface area (Å²) in [4.78, 5) is 23.8. The highest BCUT2D eigenvalue weighted by atomic mass is 16.5. The summed E-state index contributed by atoms with van der Waals surface area (Å²) in [5.74, 6) is -0.267. The van der Waals surface area contributed by atoms with E-state index in [0.29, 0.717) is 32.3 Å². The number of rotatable bonds is 26. The molecule has 0 heterocycles. The lowest BCUT2D eigenvalue weighted by Gasteiger charge is -2.13. The van der Waals surface area contributed by atoms with Crippen LogP contribution in [-0.2, 0) is 19.1 Å². The average Bonchev–Trinajstić information content (AvgIpc) is 2.82. The number of hydrogen-bond acceptors (Lipinski definition) is 4. The zero-order valence-corrected chi connectivity index (χ0v) is 23.2. The molecular formula is C30H58O4. The third-order valence-electron chi connectivity index (χ3n) is 6.57. The van der Waals surface area contributed by atoms with Gasteiger partial charge in [0.25, 0.3) is 0 Å². The molecule has 0 spiro atoms. The summed E-state index contributed by atoms with van der Waals surface area (Å²) >= 11 is 0. The number of ether oxygens (including phenoxy) is 2. The molecule has 0 saturated heterocycles. The Kier molecular flexibility index (Phi) is 25.7. The van der Waals surface area contributed by atoms with Crippen LogP contribution in [0.15, 0.2) is 0 Å². The van der Waals surface area contributed by atoms with Gasteiger partial charge >= 0.3 is 11.9 Å². The Morgan fingerprint density at radius 3 is 1.44 bits per heavy atom. The third-order valence-corrected chi connectivity index (χ3v) is 6.57. The summed E-state index contributed by atoms with van der Waals surface area (Å²) in [7, 11) is 0. The fraction of sp³-hybridized carbons (Fsp3) is 0.933. The van der Waals surface area contributed by atoms with Crippen LogP contribution in [0.25, 0.3) is 0 Å². The van der Waals surface area contributed by atoms with Crippen LogP contribution in [0.1, 0.15) is 168 Å². The summed E-state index contributed by atoms with van der Waals surface area (Å²) < 4.78 is 10.8. The van der Waals surface area contributed by atoms with E-state index in [-0.39, 0.29) is 18.0 Å². The molecule has 0 aliphatic carbocycles. The summed E-state index contributed by atoms with van der Waals surface area (Å²) in [6.07, 6.45) is 26.3. The predicted molar refractivity (Wildman–Crippen MR) is 144 cm³/mol. The van der Waals surface area contributed by atoms with Crippen LogP contribution in [0.3, 0.4) is 0 Å². The monoisotopic (exact) mass is 482 g/mol. The molecule has 4 heteroatoms. The van der Waals surface area contributed by atoms with Crippen molar-refractivity contribution in [3.63, 3.8) is 0 Å². The fourth-order valence-corrected chi connectivity index (χ4v) is 4.29. The van der Waals surface area contributed by atoms with E-state index in [2.05, 4.69) is 13.8 Å². The van der Waals surface area contributed by atoms with E-state index in [1.54, 1.807) is 0 Å². The molecule has 0 amide bonds. The Morgan fingerprint density at radius 1 is 0.529 bits per heavy atom. The maximum Gasteiger partial charge on any atom is 0.306 e. The lowest BCUT2D eigenvalue weighted by Crippen LogP contribution is -2.14. The number of carbonyl (C=O) groups excluding carboxylic acids is 2. The van der Waals surface area contributed by atoms with Crippen LogP contribution in [0, 0.1) is 0 Å². The highest BCUT2D eigenvalue weighted by molar-refractivity contribution is 5.70. The molecule has 0 saturated carbocycles. The van der Waals surface area contributed by atoms with E-state index in [1.807, 2.05) is 6.92 Å². The standard InChI is InChI=1S/C30H58O4/c1-4-6-8-10-12-13-14-15-16-17-19-23-27-33-29(31)25-21-22-26-30(32)34-28(3)24-20-18-11-9-7-5-2/h28H,4-27H2,1-3H3. The Hall–Kier alpha value is -1.06. The van der Waals surface area contributed by atoms with Gasteiger partial charge < -0.3 is 9.47 Å². The molecule has 0 rings (SSSR count). The van der Waals surface area contributed by atoms with Gasteiger partial charge in [-0.1, -0.05) is 117 Å². The van der Waals surface area contributed by atoms with Crippen LogP contribution >= 0.6 is 0 Å². The maximum atomic E-state index is 11.9. The highest BCUT2D eigenvalue weighted by Gasteiger charge is 2.10. The molecule has 0 aliphatic heterocycles. The number of esters is 2. The van der Waals surface area contributed by atoms with Crippen molar-refractivity contribution in [1.29, 1.82) is 0 Å². The van der Waals surface area contributed by atoms with Crippen molar-refractivity contribution in [2.24, 2.45) is 0 Å². The second-order valence-electron chi connectivity index (χ2n) is 10.2. The molecule has 4 nitrogen and oxygen atoms in total. The molecular weight excluding hydrogens is 424 g/mol. The van der Waals surface area contributed by atoms with Crippen LogP contribution in [-0.4, -0.2) is 24.6 Å². The number of hydrogen-bond donors (Lipinski definition) is 0. The van der Waals surface area contributed by atoms with Crippen LogP contribution in [0.5, 0.6) is 0 Å². The van der Waals surface area contributed by atoms with Gasteiger partial charge in [-0.05, 0) is 39.0 Å². The Balaban J connectivity index is 3.38.